The Labute approximate surface area is 106 Å². The largest absolute Gasteiger partial charge is 0.326 e. The number of halogens is 1. The number of hydrogen-bond acceptors (Lipinski definition) is 2. The monoisotopic (exact) mass is 249 g/mol. The Bertz CT molecular complexity index is 558. The Hall–Kier alpha value is -1.32. The van der Waals surface area contributed by atoms with Gasteiger partial charge in [0.15, 0.2) is 0 Å². The summed E-state index contributed by atoms with van der Waals surface area (Å²) in [6.07, 6.45) is 0. The molecule has 0 bridgehead atoms. The molecule has 0 amide bonds. The first-order chi connectivity index (χ1) is 8.06. The van der Waals surface area contributed by atoms with Gasteiger partial charge in [-0.25, -0.2) is 4.68 Å². The van der Waals surface area contributed by atoms with Gasteiger partial charge in [0.2, 0.25) is 0 Å². The van der Waals surface area contributed by atoms with Crippen molar-refractivity contribution in [2.45, 2.75) is 27.3 Å². The fourth-order valence-electron chi connectivity index (χ4n) is 2.03. The second-order valence-corrected chi connectivity index (χ2v) is 4.56. The normalized spacial score (nSPS) is 10.9. The van der Waals surface area contributed by atoms with E-state index in [0.29, 0.717) is 6.54 Å². The second kappa shape index (κ2) is 4.51. The number of aryl methyl sites for hydroxylation is 2. The number of benzene rings is 1. The molecule has 1 heterocycles. The predicted molar refractivity (Wildman–Crippen MR) is 70.7 cm³/mol. The highest BCUT2D eigenvalue weighted by Crippen LogP contribution is 2.26. The molecule has 2 aromatic rings. The Balaban J connectivity index is 2.72. The fourth-order valence-corrected chi connectivity index (χ4v) is 2.15. The third-order valence-corrected chi connectivity index (χ3v) is 3.50. The molecule has 0 aliphatic carbocycles. The molecule has 0 aliphatic heterocycles. The van der Waals surface area contributed by atoms with Crippen LogP contribution >= 0.6 is 11.6 Å². The van der Waals surface area contributed by atoms with Crippen molar-refractivity contribution in [3.8, 4) is 5.69 Å². The van der Waals surface area contributed by atoms with Crippen molar-refractivity contribution in [3.63, 3.8) is 0 Å². The van der Waals surface area contributed by atoms with Crippen LogP contribution < -0.4 is 5.73 Å². The molecule has 90 valence electrons. The van der Waals surface area contributed by atoms with Gasteiger partial charge in [-0.15, -0.1) is 0 Å². The van der Waals surface area contributed by atoms with Gasteiger partial charge >= 0.3 is 0 Å². The van der Waals surface area contributed by atoms with Gasteiger partial charge in [-0.2, -0.15) is 5.10 Å². The minimum absolute atomic E-state index is 0.493. The lowest BCUT2D eigenvalue weighted by atomic mass is 10.1. The lowest BCUT2D eigenvalue weighted by molar-refractivity contribution is 0.811. The van der Waals surface area contributed by atoms with Gasteiger partial charge < -0.3 is 5.73 Å². The van der Waals surface area contributed by atoms with Crippen molar-refractivity contribution < 1.29 is 0 Å². The first-order valence-electron chi connectivity index (χ1n) is 5.57. The highest BCUT2D eigenvalue weighted by molar-refractivity contribution is 6.31. The number of hydrogen-bond donors (Lipinski definition) is 1. The molecular weight excluding hydrogens is 234 g/mol. The first-order valence-corrected chi connectivity index (χ1v) is 5.94. The van der Waals surface area contributed by atoms with E-state index in [1.165, 1.54) is 0 Å². The molecule has 0 saturated heterocycles. The number of para-hydroxylation sites is 1. The van der Waals surface area contributed by atoms with Crippen LogP contribution in [0.1, 0.15) is 22.5 Å². The summed E-state index contributed by atoms with van der Waals surface area (Å²) in [7, 11) is 0. The van der Waals surface area contributed by atoms with Crippen LogP contribution in [0.3, 0.4) is 0 Å². The molecular formula is C13H16ClN3. The maximum Gasteiger partial charge on any atom is 0.0848 e. The Morgan fingerprint density at radius 1 is 1.29 bits per heavy atom. The third-order valence-electron chi connectivity index (χ3n) is 2.96. The average molecular weight is 250 g/mol. The van der Waals surface area contributed by atoms with Crippen molar-refractivity contribution in [1.82, 2.24) is 9.78 Å². The standard InChI is InChI=1S/C13H16ClN3/c1-8-5-4-6-11(7-15)13(8)17-10(3)12(14)9(2)16-17/h4-6H,7,15H2,1-3H3. The number of rotatable bonds is 2. The molecule has 0 unspecified atom stereocenters. The van der Waals surface area contributed by atoms with Crippen LogP contribution in [0, 0.1) is 20.8 Å². The minimum Gasteiger partial charge on any atom is -0.326 e. The molecule has 2 N–H and O–H groups in total. The topological polar surface area (TPSA) is 43.8 Å². The Morgan fingerprint density at radius 2 is 2.00 bits per heavy atom. The zero-order valence-corrected chi connectivity index (χ0v) is 11.0. The Kier molecular flexibility index (Phi) is 3.22. The van der Waals surface area contributed by atoms with Crippen LogP contribution in [-0.2, 0) is 6.54 Å². The van der Waals surface area contributed by atoms with E-state index < -0.39 is 0 Å². The number of nitrogens with zero attached hydrogens (tertiary/aromatic N) is 2. The highest BCUT2D eigenvalue weighted by Gasteiger charge is 2.14. The molecule has 0 atom stereocenters. The van der Waals surface area contributed by atoms with Gasteiger partial charge in [-0.1, -0.05) is 29.8 Å². The van der Waals surface area contributed by atoms with Gasteiger partial charge in [0.25, 0.3) is 0 Å². The molecule has 0 spiro atoms. The SMILES string of the molecule is Cc1cccc(CN)c1-n1nc(C)c(Cl)c1C. The molecule has 0 radical (unpaired) electrons. The fraction of sp³-hybridized carbons (Fsp3) is 0.308. The molecule has 1 aromatic heterocycles. The van der Waals surface area contributed by atoms with Crippen LogP contribution in [0.5, 0.6) is 0 Å². The second-order valence-electron chi connectivity index (χ2n) is 4.18. The quantitative estimate of drug-likeness (QED) is 0.890. The van der Waals surface area contributed by atoms with Gasteiger partial charge in [-0.3, -0.25) is 0 Å². The van der Waals surface area contributed by atoms with E-state index in [0.717, 1.165) is 33.2 Å². The first kappa shape index (κ1) is 12.1. The minimum atomic E-state index is 0.493. The number of aromatic nitrogens is 2. The van der Waals surface area contributed by atoms with E-state index in [2.05, 4.69) is 18.1 Å². The summed E-state index contributed by atoms with van der Waals surface area (Å²) in [5, 5.41) is 5.20. The molecule has 3 nitrogen and oxygen atoms in total. The van der Waals surface area contributed by atoms with Gasteiger partial charge in [0.05, 0.1) is 22.1 Å². The summed E-state index contributed by atoms with van der Waals surface area (Å²) in [4.78, 5) is 0. The average Bonchev–Trinajstić information content (AvgIpc) is 2.56. The van der Waals surface area contributed by atoms with Crippen LogP contribution in [0.2, 0.25) is 5.02 Å². The number of nitrogens with two attached hydrogens (primary N) is 1. The molecule has 2 rings (SSSR count). The smallest absolute Gasteiger partial charge is 0.0848 e. The van der Waals surface area contributed by atoms with Crippen molar-refractivity contribution in [2.24, 2.45) is 5.73 Å². The van der Waals surface area contributed by atoms with Crippen LogP contribution in [0.15, 0.2) is 18.2 Å². The lowest BCUT2D eigenvalue weighted by Gasteiger charge is -2.12. The van der Waals surface area contributed by atoms with E-state index in [1.54, 1.807) is 0 Å². The van der Waals surface area contributed by atoms with Crippen LogP contribution in [0.4, 0.5) is 0 Å². The molecule has 1 aromatic carbocycles. The summed E-state index contributed by atoms with van der Waals surface area (Å²) in [6.45, 7) is 6.42. The Morgan fingerprint density at radius 3 is 2.53 bits per heavy atom. The van der Waals surface area contributed by atoms with Gasteiger partial charge in [0, 0.05) is 6.54 Å². The van der Waals surface area contributed by atoms with Gasteiger partial charge in [-0.05, 0) is 31.9 Å². The van der Waals surface area contributed by atoms with E-state index in [-0.39, 0.29) is 0 Å². The zero-order valence-electron chi connectivity index (χ0n) is 10.3. The van der Waals surface area contributed by atoms with E-state index in [9.17, 15) is 0 Å². The van der Waals surface area contributed by atoms with E-state index >= 15 is 0 Å². The maximum absolute atomic E-state index is 6.18. The summed E-state index contributed by atoms with van der Waals surface area (Å²) in [5.74, 6) is 0. The summed E-state index contributed by atoms with van der Waals surface area (Å²) in [5.41, 5.74) is 10.8. The van der Waals surface area contributed by atoms with Crippen LogP contribution in [0.25, 0.3) is 5.69 Å². The highest BCUT2D eigenvalue weighted by atomic mass is 35.5. The molecule has 4 heteroatoms. The molecule has 0 fully saturated rings. The van der Waals surface area contributed by atoms with Crippen molar-refractivity contribution >= 4 is 11.6 Å². The zero-order chi connectivity index (χ0) is 12.6. The third kappa shape index (κ3) is 1.96. The van der Waals surface area contributed by atoms with Gasteiger partial charge in [0.1, 0.15) is 0 Å². The summed E-state index contributed by atoms with van der Waals surface area (Å²) < 4.78 is 1.88. The van der Waals surface area contributed by atoms with Crippen molar-refractivity contribution in [3.05, 3.63) is 45.7 Å². The summed E-state index contributed by atoms with van der Waals surface area (Å²) >= 11 is 6.18. The van der Waals surface area contributed by atoms with E-state index in [4.69, 9.17) is 17.3 Å². The van der Waals surface area contributed by atoms with E-state index in [1.807, 2.05) is 30.7 Å². The molecule has 0 aliphatic rings. The maximum atomic E-state index is 6.18. The van der Waals surface area contributed by atoms with Crippen molar-refractivity contribution in [2.75, 3.05) is 0 Å². The van der Waals surface area contributed by atoms with Crippen molar-refractivity contribution in [1.29, 1.82) is 0 Å². The molecule has 0 saturated carbocycles. The molecule has 17 heavy (non-hydrogen) atoms. The lowest BCUT2D eigenvalue weighted by Crippen LogP contribution is -2.08. The van der Waals surface area contributed by atoms with Crippen LogP contribution in [-0.4, -0.2) is 9.78 Å². The summed E-state index contributed by atoms with van der Waals surface area (Å²) in [6, 6.07) is 6.08. The predicted octanol–water partition coefficient (Wildman–Crippen LogP) is 2.91.